The van der Waals surface area contributed by atoms with Gasteiger partial charge in [-0.15, -0.1) is 0 Å². The van der Waals surface area contributed by atoms with Crippen molar-refractivity contribution in [2.24, 2.45) is 0 Å². The number of aromatic nitrogens is 2. The van der Waals surface area contributed by atoms with E-state index in [0.29, 0.717) is 69.9 Å². The number of hydrogen-bond donors (Lipinski definition) is 1. The first-order valence-corrected chi connectivity index (χ1v) is 24.8. The van der Waals surface area contributed by atoms with Gasteiger partial charge in [-0.2, -0.15) is 0 Å². The Morgan fingerprint density at radius 1 is 0.526 bits per heavy atom. The van der Waals surface area contributed by atoms with E-state index in [4.69, 9.17) is 37.3 Å². The lowest BCUT2D eigenvalue weighted by Crippen LogP contribution is -2.39. The van der Waals surface area contributed by atoms with Gasteiger partial charge in [-0.25, -0.2) is 19.6 Å². The predicted octanol–water partition coefficient (Wildman–Crippen LogP) is 12.4. The van der Waals surface area contributed by atoms with Crippen LogP contribution in [0.4, 0.5) is 9.59 Å². The minimum Gasteiger partial charge on any atom is -0.497 e. The summed E-state index contributed by atoms with van der Waals surface area (Å²) in [5.74, 6) is 16.0. The first-order chi connectivity index (χ1) is 37.8. The Kier molecular flexibility index (Phi) is 19.7. The van der Waals surface area contributed by atoms with Crippen molar-refractivity contribution in [3.05, 3.63) is 192 Å². The molecule has 16 nitrogen and oxygen atoms in total. The number of carbonyl (C=O) groups is 3. The van der Waals surface area contributed by atoms with Crippen LogP contribution in [0, 0.1) is 37.5 Å². The summed E-state index contributed by atoms with van der Waals surface area (Å²) in [6.07, 6.45) is -1.20. The average molecular weight is 1050 g/mol. The molecule has 2 heterocycles. The molecule has 1 N–H and O–H groups in total. The number of methoxy groups -OCH3 is 2. The van der Waals surface area contributed by atoms with Gasteiger partial charge in [0.1, 0.15) is 54.3 Å². The molecule has 0 unspecified atom stereocenters. The average Bonchev–Trinajstić information content (AvgIpc) is 4.04. The van der Waals surface area contributed by atoms with Gasteiger partial charge >= 0.3 is 18.2 Å². The zero-order valence-electron chi connectivity index (χ0n) is 44.2. The third-order valence-corrected chi connectivity index (χ3v) is 12.0. The van der Waals surface area contributed by atoms with Gasteiger partial charge in [0.2, 0.25) is 23.3 Å². The van der Waals surface area contributed by atoms with Crippen molar-refractivity contribution in [3.8, 4) is 81.1 Å². The van der Waals surface area contributed by atoms with Crippen molar-refractivity contribution in [3.63, 3.8) is 0 Å². The number of carboxylic acids is 1. The number of amides is 2. The number of oxazole rings is 2. The fraction of sp³-hybridized carbons (Fsp3) is 0.210. The summed E-state index contributed by atoms with van der Waals surface area (Å²) in [7, 11) is 3.12. The molecule has 2 amide bonds. The van der Waals surface area contributed by atoms with Crippen LogP contribution in [0.1, 0.15) is 66.9 Å². The van der Waals surface area contributed by atoms with Crippen LogP contribution in [0.25, 0.3) is 22.9 Å². The van der Waals surface area contributed by atoms with E-state index in [1.54, 1.807) is 91.7 Å². The lowest BCUT2D eigenvalue weighted by atomic mass is 10.1. The summed E-state index contributed by atoms with van der Waals surface area (Å²) >= 11 is 0. The maximum Gasteiger partial charge on any atom is 0.416 e. The number of carbonyl (C=O) groups excluding carboxylic acids is 2. The fourth-order valence-electron chi connectivity index (χ4n) is 7.62. The molecule has 0 aliphatic rings. The molecule has 8 aromatic rings. The van der Waals surface area contributed by atoms with E-state index in [1.165, 1.54) is 7.11 Å². The third-order valence-electron chi connectivity index (χ3n) is 12.0. The zero-order chi connectivity index (χ0) is 55.4. The van der Waals surface area contributed by atoms with Crippen molar-refractivity contribution in [1.82, 2.24) is 19.8 Å². The second-order valence-electron chi connectivity index (χ2n) is 17.2. The van der Waals surface area contributed by atoms with E-state index in [0.717, 1.165) is 27.3 Å². The fourth-order valence-corrected chi connectivity index (χ4v) is 7.62. The van der Waals surface area contributed by atoms with Crippen molar-refractivity contribution >= 4 is 18.2 Å². The molecule has 0 spiro atoms. The van der Waals surface area contributed by atoms with Crippen molar-refractivity contribution in [2.45, 2.75) is 46.7 Å². The number of hydrogen-bond acceptors (Lipinski definition) is 13. The highest BCUT2D eigenvalue weighted by atomic mass is 16.6. The van der Waals surface area contributed by atoms with E-state index in [2.05, 4.69) is 33.6 Å². The molecule has 0 saturated heterocycles. The van der Waals surface area contributed by atoms with E-state index in [9.17, 15) is 19.5 Å². The van der Waals surface area contributed by atoms with Crippen LogP contribution in [0.2, 0.25) is 0 Å². The largest absolute Gasteiger partial charge is 0.497 e. The van der Waals surface area contributed by atoms with E-state index in [-0.39, 0.29) is 25.0 Å². The molecule has 398 valence electrons. The van der Waals surface area contributed by atoms with Crippen LogP contribution >= 0.6 is 0 Å². The molecule has 0 saturated carbocycles. The van der Waals surface area contributed by atoms with Gasteiger partial charge in [-0.3, -0.25) is 9.69 Å². The summed E-state index contributed by atoms with van der Waals surface area (Å²) in [5, 5.41) is 9.38. The molecular formula is C62H58N4O12. The highest BCUT2D eigenvalue weighted by Crippen LogP contribution is 2.28. The Balaban J connectivity index is 0.000000226. The van der Waals surface area contributed by atoms with Crippen molar-refractivity contribution < 1.29 is 56.7 Å². The third kappa shape index (κ3) is 15.6. The topological polar surface area (TPSA) is 185 Å². The zero-order valence-corrected chi connectivity index (χ0v) is 44.2. The Bertz CT molecular complexity index is 3360. The van der Waals surface area contributed by atoms with E-state index < -0.39 is 30.7 Å². The van der Waals surface area contributed by atoms with Crippen LogP contribution in [-0.2, 0) is 4.79 Å². The minimum atomic E-state index is -1.16. The lowest BCUT2D eigenvalue weighted by Gasteiger charge is -2.27. The van der Waals surface area contributed by atoms with Crippen LogP contribution in [-0.4, -0.2) is 83.6 Å². The Morgan fingerprint density at radius 2 is 0.885 bits per heavy atom. The van der Waals surface area contributed by atoms with Crippen molar-refractivity contribution in [2.75, 3.05) is 40.5 Å². The summed E-state index contributed by atoms with van der Waals surface area (Å²) in [6.45, 7) is 9.59. The number of nitrogens with zero attached hydrogens (tertiary/aromatic N) is 4. The number of ether oxygens (including phenoxy) is 6. The van der Waals surface area contributed by atoms with Crippen LogP contribution in [0.15, 0.2) is 167 Å². The Hall–Kier alpha value is -9.93. The summed E-state index contributed by atoms with van der Waals surface area (Å²) in [4.78, 5) is 48.8. The Morgan fingerprint density at radius 3 is 1.26 bits per heavy atom. The smallest absolute Gasteiger partial charge is 0.416 e. The van der Waals surface area contributed by atoms with Gasteiger partial charge in [0.15, 0.2) is 0 Å². The summed E-state index contributed by atoms with van der Waals surface area (Å²) < 4.78 is 44.3. The molecule has 2 aromatic heterocycles. The van der Waals surface area contributed by atoms with Crippen LogP contribution < -0.4 is 28.4 Å². The number of aryl methyl sites for hydroxylation is 2. The van der Waals surface area contributed by atoms with Crippen molar-refractivity contribution in [1.29, 1.82) is 0 Å². The monoisotopic (exact) mass is 1050 g/mol. The standard InChI is InChI=1S/C31H28N2O7.C31H30N2O5/c1-21-28(40-30(32-21)24-8-5-4-6-9-24)10-7-19-38-26-13-11-23(12-14-26)22(2)33(20-29(34)35)31(36)39-27-17-15-25(37-3)16-18-27;1-5-33(31(34)37-28-19-17-26(35-4)18-20-28)23(3)24-13-15-27(16-14-24)36-21-9-12-29-22(2)32-30(38-29)25-10-7-6-8-11-25/h4-6,8-9,11-18,22H,19-20H2,1-3H3,(H,34,35);6-8,10-11,13-20,23H,5,21H2,1-4H3/t22-;23-/m00/s1. The van der Waals surface area contributed by atoms with Crippen LogP contribution in [0.5, 0.6) is 34.5 Å². The molecule has 0 aliphatic heterocycles. The van der Waals surface area contributed by atoms with Gasteiger partial charge in [-0.05, 0) is 155 Å². The lowest BCUT2D eigenvalue weighted by molar-refractivity contribution is -0.138. The van der Waals surface area contributed by atoms with Gasteiger partial charge in [0.05, 0.1) is 37.7 Å². The number of rotatable bonds is 17. The Labute approximate surface area is 453 Å². The summed E-state index contributed by atoms with van der Waals surface area (Å²) in [5.41, 5.74) is 4.88. The molecule has 0 bridgehead atoms. The highest BCUT2D eigenvalue weighted by Gasteiger charge is 2.26. The molecule has 0 fully saturated rings. The maximum absolute atomic E-state index is 12.8. The number of benzene rings is 6. The first kappa shape index (κ1) is 55.8. The number of carboxylic acid groups (broad SMARTS) is 1. The maximum atomic E-state index is 12.8. The van der Waals surface area contributed by atoms with E-state index in [1.807, 2.05) is 113 Å². The molecular weight excluding hydrogens is 993 g/mol. The second kappa shape index (κ2) is 27.6. The molecule has 0 aliphatic carbocycles. The SMILES string of the molecule is CCN(C(=O)Oc1ccc(OC)cc1)[C@@H](C)c1ccc(OCC#Cc2oc(-c3ccccc3)nc2C)cc1.COc1ccc(OC(=O)N(CC(=O)O)[C@@H](C)c2ccc(OCC#Cc3oc(-c4ccccc4)nc3C)cc2)cc1. The molecule has 2 atom stereocenters. The number of aliphatic carboxylic acids is 1. The quantitative estimate of drug-likeness (QED) is 0.0849. The highest BCUT2D eigenvalue weighted by molar-refractivity contribution is 5.78. The summed E-state index contributed by atoms with van der Waals surface area (Å²) in [6, 6.07) is 46.5. The van der Waals surface area contributed by atoms with Gasteiger partial charge < -0.3 is 47.3 Å². The first-order valence-electron chi connectivity index (χ1n) is 24.8. The normalized spacial score (nSPS) is 11.1. The molecule has 16 heteroatoms. The second-order valence-corrected chi connectivity index (χ2v) is 17.2. The molecule has 6 aromatic carbocycles. The van der Waals surface area contributed by atoms with Gasteiger partial charge in [0.25, 0.3) is 0 Å². The molecule has 78 heavy (non-hydrogen) atoms. The molecule has 0 radical (unpaired) electrons. The van der Waals surface area contributed by atoms with Crippen LogP contribution in [0.3, 0.4) is 0 Å². The minimum absolute atomic E-state index is 0.120. The van der Waals surface area contributed by atoms with Gasteiger partial charge in [-0.1, -0.05) is 72.5 Å². The van der Waals surface area contributed by atoms with Gasteiger partial charge in [0, 0.05) is 17.7 Å². The molecule has 8 rings (SSSR count). The van der Waals surface area contributed by atoms with E-state index >= 15 is 0 Å². The predicted molar refractivity (Wildman–Crippen MR) is 293 cm³/mol.